The molecule has 0 unspecified atom stereocenters. The third kappa shape index (κ3) is 3.34. The van der Waals surface area contributed by atoms with E-state index < -0.39 is 11.6 Å². The molecule has 0 saturated carbocycles. The van der Waals surface area contributed by atoms with Crippen molar-refractivity contribution >= 4 is 33.7 Å². The number of ether oxygens (including phenoxy) is 1. The van der Waals surface area contributed by atoms with Gasteiger partial charge in [-0.15, -0.1) is 21.5 Å². The van der Waals surface area contributed by atoms with E-state index in [2.05, 4.69) is 25.4 Å². The summed E-state index contributed by atoms with van der Waals surface area (Å²) in [7, 11) is 0. The predicted molar refractivity (Wildman–Crippen MR) is 98.6 cm³/mol. The van der Waals surface area contributed by atoms with Crippen molar-refractivity contribution < 1.29 is 14.6 Å². The van der Waals surface area contributed by atoms with Gasteiger partial charge in [0.15, 0.2) is 0 Å². The molecule has 0 bridgehead atoms. The van der Waals surface area contributed by atoms with Crippen molar-refractivity contribution in [3.8, 4) is 0 Å². The zero-order valence-electron chi connectivity index (χ0n) is 14.4. The van der Waals surface area contributed by atoms with E-state index in [1.807, 2.05) is 6.92 Å². The summed E-state index contributed by atoms with van der Waals surface area (Å²) in [5.41, 5.74) is 2.66. The lowest BCUT2D eigenvalue weighted by molar-refractivity contribution is -0.167. The molecule has 8 nitrogen and oxygen atoms in total. The van der Waals surface area contributed by atoms with E-state index in [4.69, 9.17) is 4.74 Å². The number of aliphatic hydroxyl groups excluding tert-OH is 1. The lowest BCUT2D eigenvalue weighted by Gasteiger charge is -2.51. The molecule has 2 aromatic rings. The third-order valence-corrected chi connectivity index (χ3v) is 6.67. The largest absolute Gasteiger partial charge is 0.388 e. The number of hydrogen-bond acceptors (Lipinski definition) is 9. The molecule has 2 atom stereocenters. The molecule has 2 N–H and O–H groups in total. The van der Waals surface area contributed by atoms with Crippen LogP contribution in [0.25, 0.3) is 0 Å². The molecule has 0 aromatic carbocycles. The Morgan fingerprint density at radius 1 is 1.42 bits per heavy atom. The summed E-state index contributed by atoms with van der Waals surface area (Å²) in [5, 5.41) is 24.2. The highest BCUT2D eigenvalue weighted by Gasteiger charge is 2.50. The monoisotopic (exact) mass is 395 g/mol. The van der Waals surface area contributed by atoms with E-state index in [0.29, 0.717) is 12.1 Å². The first-order chi connectivity index (χ1) is 12.5. The van der Waals surface area contributed by atoms with Crippen LogP contribution in [-0.4, -0.2) is 63.1 Å². The van der Waals surface area contributed by atoms with Crippen LogP contribution in [0.4, 0.5) is 5.13 Å². The van der Waals surface area contributed by atoms with Crippen LogP contribution in [0.1, 0.15) is 36.7 Å². The average Bonchev–Trinajstić information content (AvgIpc) is 3.33. The van der Waals surface area contributed by atoms with E-state index in [1.54, 1.807) is 16.4 Å². The fourth-order valence-corrected chi connectivity index (χ4v) is 4.93. The zero-order chi connectivity index (χ0) is 18.2. The molecule has 140 valence electrons. The van der Waals surface area contributed by atoms with Gasteiger partial charge in [0.25, 0.3) is 5.91 Å². The predicted octanol–water partition coefficient (Wildman–Crippen LogP) is 1.30. The molecule has 10 heteroatoms. The number of aromatic nitrogens is 3. The van der Waals surface area contributed by atoms with Crippen molar-refractivity contribution in [2.45, 2.75) is 43.4 Å². The maximum atomic E-state index is 12.5. The summed E-state index contributed by atoms with van der Waals surface area (Å²) < 4.78 is 6.08. The van der Waals surface area contributed by atoms with Crippen molar-refractivity contribution in [1.82, 2.24) is 20.5 Å². The molecule has 2 saturated heterocycles. The number of carbonyl (C=O) groups is 1. The maximum absolute atomic E-state index is 12.5. The Morgan fingerprint density at radius 3 is 2.88 bits per heavy atom. The second-order valence-corrected chi connectivity index (χ2v) is 8.67. The van der Waals surface area contributed by atoms with Crippen molar-refractivity contribution in [1.29, 1.82) is 0 Å². The van der Waals surface area contributed by atoms with Crippen molar-refractivity contribution in [3.63, 3.8) is 0 Å². The highest BCUT2D eigenvalue weighted by atomic mass is 32.1. The van der Waals surface area contributed by atoms with Crippen LogP contribution in [0.2, 0.25) is 0 Å². The first-order valence-corrected chi connectivity index (χ1v) is 10.4. The summed E-state index contributed by atoms with van der Waals surface area (Å²) in [6.07, 6.45) is 1.46. The van der Waals surface area contributed by atoms with Gasteiger partial charge >= 0.3 is 0 Å². The molecule has 0 aliphatic carbocycles. The quantitative estimate of drug-likeness (QED) is 0.808. The highest BCUT2D eigenvalue weighted by Crippen LogP contribution is 2.40. The van der Waals surface area contributed by atoms with Crippen LogP contribution in [0.3, 0.4) is 0 Å². The van der Waals surface area contributed by atoms with Gasteiger partial charge in [-0.25, -0.2) is 4.98 Å². The van der Waals surface area contributed by atoms with Gasteiger partial charge in [-0.3, -0.25) is 4.79 Å². The Bertz CT molecular complexity index is 746. The Morgan fingerprint density at radius 2 is 2.23 bits per heavy atom. The van der Waals surface area contributed by atoms with E-state index in [-0.39, 0.29) is 18.1 Å². The number of rotatable bonds is 3. The van der Waals surface area contributed by atoms with Crippen LogP contribution >= 0.6 is 22.7 Å². The van der Waals surface area contributed by atoms with E-state index in [9.17, 15) is 9.90 Å². The van der Waals surface area contributed by atoms with Gasteiger partial charge < -0.3 is 20.1 Å². The van der Waals surface area contributed by atoms with Crippen molar-refractivity contribution in [2.75, 3.05) is 24.6 Å². The zero-order valence-corrected chi connectivity index (χ0v) is 16.1. The molecule has 4 heterocycles. The average molecular weight is 396 g/mol. The minimum absolute atomic E-state index is 0.215. The number of amides is 1. The van der Waals surface area contributed by atoms with Crippen molar-refractivity contribution in [3.05, 3.63) is 22.1 Å². The molecular weight excluding hydrogens is 374 g/mol. The van der Waals surface area contributed by atoms with Gasteiger partial charge in [-0.05, 0) is 19.8 Å². The molecule has 26 heavy (non-hydrogen) atoms. The van der Waals surface area contributed by atoms with Gasteiger partial charge in [0.2, 0.25) is 5.13 Å². The molecule has 2 aliphatic rings. The molecule has 1 spiro atoms. The Kier molecular flexibility index (Phi) is 4.68. The Hall–Kier alpha value is -1.62. The van der Waals surface area contributed by atoms with E-state index in [1.165, 1.54) is 22.7 Å². The summed E-state index contributed by atoms with van der Waals surface area (Å²) in [6, 6.07) is 0. The van der Waals surface area contributed by atoms with Gasteiger partial charge in [-0.1, -0.05) is 11.3 Å². The van der Waals surface area contributed by atoms with Gasteiger partial charge in [0, 0.05) is 24.9 Å². The molecule has 0 radical (unpaired) electrons. The molecule has 4 rings (SSSR count). The molecule has 2 fully saturated rings. The highest BCUT2D eigenvalue weighted by molar-refractivity contribution is 7.13. The number of hydrogen-bond donors (Lipinski definition) is 2. The number of nitrogens with zero attached hydrogens (tertiary/aromatic N) is 4. The SMILES string of the molecule is C[C@@]1(NC(=O)c2cscn2)CC2(CCN(c3nncs3)CC2)OC[C@H]1O. The fraction of sp³-hybridized carbons (Fsp3) is 0.625. The summed E-state index contributed by atoms with van der Waals surface area (Å²) in [4.78, 5) is 18.7. The van der Waals surface area contributed by atoms with Crippen LogP contribution in [0.15, 0.2) is 16.4 Å². The molecule has 1 amide bonds. The summed E-state index contributed by atoms with van der Waals surface area (Å²) in [5.74, 6) is -0.254. The number of aliphatic hydroxyl groups is 1. The first kappa shape index (κ1) is 17.8. The first-order valence-electron chi connectivity index (χ1n) is 8.54. The Labute approximate surface area is 159 Å². The molecular formula is C16H21N5O3S2. The van der Waals surface area contributed by atoms with Crippen LogP contribution < -0.4 is 10.2 Å². The summed E-state index contributed by atoms with van der Waals surface area (Å²) in [6.45, 7) is 3.75. The van der Waals surface area contributed by atoms with E-state index >= 15 is 0 Å². The fourth-order valence-electron chi connectivity index (χ4n) is 3.78. The maximum Gasteiger partial charge on any atom is 0.271 e. The van der Waals surface area contributed by atoms with Gasteiger partial charge in [0.05, 0.1) is 23.3 Å². The number of thiazole rings is 1. The topological polar surface area (TPSA) is 100 Å². The molecule has 2 aliphatic heterocycles. The minimum Gasteiger partial charge on any atom is -0.388 e. The number of nitrogens with one attached hydrogen (secondary N) is 1. The summed E-state index contributed by atoms with van der Waals surface area (Å²) >= 11 is 2.91. The number of carbonyl (C=O) groups excluding carboxylic acids is 1. The van der Waals surface area contributed by atoms with Crippen molar-refractivity contribution in [2.24, 2.45) is 0 Å². The third-order valence-electron chi connectivity index (χ3n) is 5.33. The van der Waals surface area contributed by atoms with Gasteiger partial charge in [0.1, 0.15) is 17.3 Å². The lowest BCUT2D eigenvalue weighted by atomic mass is 9.74. The van der Waals surface area contributed by atoms with Gasteiger partial charge in [-0.2, -0.15) is 0 Å². The number of piperidine rings is 1. The normalized spacial score (nSPS) is 28.2. The second kappa shape index (κ2) is 6.84. The Balaban J connectivity index is 1.45. The molecule has 2 aromatic heterocycles. The smallest absolute Gasteiger partial charge is 0.271 e. The van der Waals surface area contributed by atoms with Crippen LogP contribution in [-0.2, 0) is 4.74 Å². The minimum atomic E-state index is -0.753. The lowest BCUT2D eigenvalue weighted by Crippen LogP contribution is -2.65. The standard InChI is InChI=1S/C16H21N5O3S2/c1-15(19-13(23)11-7-25-9-17-11)8-16(24-6-12(15)22)2-4-21(5-3-16)14-20-18-10-26-14/h7,9-10,12,22H,2-6,8H2,1H3,(H,19,23)/t12-,15-/m1/s1. The van der Waals surface area contributed by atoms with Crippen LogP contribution in [0.5, 0.6) is 0 Å². The van der Waals surface area contributed by atoms with Crippen LogP contribution in [0, 0.1) is 0 Å². The number of anilines is 1. The second-order valence-electron chi connectivity index (χ2n) is 7.14. The van der Waals surface area contributed by atoms with E-state index in [0.717, 1.165) is 31.1 Å².